The summed E-state index contributed by atoms with van der Waals surface area (Å²) >= 11 is 0. The normalized spacial score (nSPS) is 15.6. The first-order valence-corrected chi connectivity index (χ1v) is 6.61. The molecule has 0 saturated carbocycles. The third kappa shape index (κ3) is 2.67. The lowest BCUT2D eigenvalue weighted by Crippen LogP contribution is -2.18. The summed E-state index contributed by atoms with van der Waals surface area (Å²) in [6, 6.07) is 6.28. The molecule has 0 bridgehead atoms. The Hall–Kier alpha value is -2.28. The third-order valence-electron chi connectivity index (χ3n) is 3.45. The third-order valence-corrected chi connectivity index (χ3v) is 3.45. The van der Waals surface area contributed by atoms with Gasteiger partial charge in [0.2, 0.25) is 0 Å². The van der Waals surface area contributed by atoms with Crippen LogP contribution in [0.5, 0.6) is 0 Å². The SMILES string of the molecule is O=[N+]([O-])c1ccc(-n2cc(CN3CCCC3)nn2)cc1. The van der Waals surface area contributed by atoms with Gasteiger partial charge < -0.3 is 0 Å². The standard InChI is InChI=1S/C13H15N5O2/c19-18(20)13-5-3-12(4-6-13)17-10-11(14-15-17)9-16-7-1-2-8-16/h3-6,10H,1-2,7-9H2. The second-order valence-electron chi connectivity index (χ2n) is 4.91. The molecule has 0 amide bonds. The van der Waals surface area contributed by atoms with Gasteiger partial charge in [0, 0.05) is 18.7 Å². The fourth-order valence-electron chi connectivity index (χ4n) is 2.39. The Bertz CT molecular complexity index is 601. The van der Waals surface area contributed by atoms with Crippen LogP contribution in [0.2, 0.25) is 0 Å². The molecule has 1 saturated heterocycles. The molecule has 0 spiro atoms. The molecular weight excluding hydrogens is 258 g/mol. The molecule has 2 heterocycles. The number of hydrogen-bond acceptors (Lipinski definition) is 5. The highest BCUT2D eigenvalue weighted by atomic mass is 16.6. The zero-order valence-electron chi connectivity index (χ0n) is 11.0. The number of nitrogens with zero attached hydrogens (tertiary/aromatic N) is 5. The lowest BCUT2D eigenvalue weighted by molar-refractivity contribution is -0.384. The van der Waals surface area contributed by atoms with Crippen LogP contribution < -0.4 is 0 Å². The van der Waals surface area contributed by atoms with Crippen LogP contribution in [-0.2, 0) is 6.54 Å². The molecule has 7 nitrogen and oxygen atoms in total. The molecule has 1 aliphatic rings. The lowest BCUT2D eigenvalue weighted by atomic mass is 10.3. The number of likely N-dealkylation sites (tertiary alicyclic amines) is 1. The highest BCUT2D eigenvalue weighted by Gasteiger charge is 2.14. The predicted molar refractivity (Wildman–Crippen MR) is 72.5 cm³/mol. The van der Waals surface area contributed by atoms with Gasteiger partial charge in [-0.05, 0) is 38.1 Å². The average Bonchev–Trinajstić information content (AvgIpc) is 3.11. The number of nitro benzene ring substituents is 1. The summed E-state index contributed by atoms with van der Waals surface area (Å²) in [6.07, 6.45) is 4.37. The van der Waals surface area contributed by atoms with Crippen molar-refractivity contribution in [1.29, 1.82) is 0 Å². The first-order valence-electron chi connectivity index (χ1n) is 6.61. The molecule has 2 aromatic rings. The van der Waals surface area contributed by atoms with Crippen LogP contribution in [0.15, 0.2) is 30.5 Å². The fraction of sp³-hybridized carbons (Fsp3) is 0.385. The zero-order chi connectivity index (χ0) is 13.9. The topological polar surface area (TPSA) is 77.1 Å². The number of nitro groups is 1. The van der Waals surface area contributed by atoms with Crippen LogP contribution >= 0.6 is 0 Å². The summed E-state index contributed by atoms with van der Waals surface area (Å²) < 4.78 is 1.65. The van der Waals surface area contributed by atoms with Crippen molar-refractivity contribution in [3.63, 3.8) is 0 Å². The van der Waals surface area contributed by atoms with Crippen molar-refractivity contribution < 1.29 is 4.92 Å². The molecule has 3 rings (SSSR count). The van der Waals surface area contributed by atoms with E-state index in [-0.39, 0.29) is 5.69 Å². The maximum Gasteiger partial charge on any atom is 0.269 e. The molecule has 20 heavy (non-hydrogen) atoms. The Morgan fingerprint density at radius 2 is 1.90 bits per heavy atom. The minimum absolute atomic E-state index is 0.0751. The quantitative estimate of drug-likeness (QED) is 0.626. The summed E-state index contributed by atoms with van der Waals surface area (Å²) in [5.41, 5.74) is 1.77. The van der Waals surface area contributed by atoms with Gasteiger partial charge in [0.25, 0.3) is 5.69 Å². The molecule has 1 aromatic carbocycles. The molecule has 7 heteroatoms. The molecule has 0 aliphatic carbocycles. The minimum Gasteiger partial charge on any atom is -0.297 e. The summed E-state index contributed by atoms with van der Waals surface area (Å²) in [5.74, 6) is 0. The second kappa shape index (κ2) is 5.38. The largest absolute Gasteiger partial charge is 0.297 e. The highest BCUT2D eigenvalue weighted by Crippen LogP contribution is 2.15. The predicted octanol–water partition coefficient (Wildman–Crippen LogP) is 1.77. The zero-order valence-corrected chi connectivity index (χ0v) is 11.0. The summed E-state index contributed by atoms with van der Waals surface area (Å²) in [5, 5.41) is 18.8. The van der Waals surface area contributed by atoms with E-state index in [2.05, 4.69) is 15.2 Å². The van der Waals surface area contributed by atoms with Crippen molar-refractivity contribution in [2.24, 2.45) is 0 Å². The molecule has 1 fully saturated rings. The number of hydrogen-bond donors (Lipinski definition) is 0. The number of non-ortho nitro benzene ring substituents is 1. The van der Waals surface area contributed by atoms with Crippen molar-refractivity contribution in [2.45, 2.75) is 19.4 Å². The van der Waals surface area contributed by atoms with E-state index < -0.39 is 4.92 Å². The molecule has 0 radical (unpaired) electrons. The van der Waals surface area contributed by atoms with E-state index in [9.17, 15) is 10.1 Å². The smallest absolute Gasteiger partial charge is 0.269 e. The minimum atomic E-state index is -0.413. The van der Waals surface area contributed by atoms with Gasteiger partial charge in [-0.15, -0.1) is 5.10 Å². The molecule has 1 aliphatic heterocycles. The van der Waals surface area contributed by atoms with E-state index in [1.807, 2.05) is 6.20 Å². The molecular formula is C13H15N5O2. The summed E-state index contributed by atoms with van der Waals surface area (Å²) in [4.78, 5) is 12.6. The van der Waals surface area contributed by atoms with Gasteiger partial charge in [0.05, 0.1) is 22.5 Å². The summed E-state index contributed by atoms with van der Waals surface area (Å²) in [6.45, 7) is 3.04. The van der Waals surface area contributed by atoms with Crippen molar-refractivity contribution in [3.05, 3.63) is 46.3 Å². The fourth-order valence-corrected chi connectivity index (χ4v) is 2.39. The Balaban J connectivity index is 1.73. The van der Waals surface area contributed by atoms with Gasteiger partial charge in [0.1, 0.15) is 0 Å². The van der Waals surface area contributed by atoms with Crippen LogP contribution in [0.3, 0.4) is 0 Å². The van der Waals surface area contributed by atoms with E-state index in [0.717, 1.165) is 31.0 Å². The van der Waals surface area contributed by atoms with E-state index in [1.165, 1.54) is 25.0 Å². The van der Waals surface area contributed by atoms with Crippen LogP contribution in [-0.4, -0.2) is 37.9 Å². The van der Waals surface area contributed by atoms with Gasteiger partial charge in [-0.25, -0.2) is 4.68 Å². The first kappa shape index (κ1) is 12.7. The Kier molecular flexibility index (Phi) is 3.42. The number of benzene rings is 1. The molecule has 0 N–H and O–H groups in total. The maximum atomic E-state index is 10.6. The number of rotatable bonds is 4. The van der Waals surface area contributed by atoms with Crippen LogP contribution in [0.1, 0.15) is 18.5 Å². The monoisotopic (exact) mass is 273 g/mol. The van der Waals surface area contributed by atoms with Crippen molar-refractivity contribution in [1.82, 2.24) is 19.9 Å². The van der Waals surface area contributed by atoms with Gasteiger partial charge in [-0.1, -0.05) is 5.21 Å². The molecule has 0 unspecified atom stereocenters. The van der Waals surface area contributed by atoms with E-state index in [0.29, 0.717) is 0 Å². The number of aromatic nitrogens is 3. The summed E-state index contributed by atoms with van der Waals surface area (Å²) in [7, 11) is 0. The second-order valence-corrected chi connectivity index (χ2v) is 4.91. The van der Waals surface area contributed by atoms with E-state index >= 15 is 0 Å². The van der Waals surface area contributed by atoms with Crippen molar-refractivity contribution in [2.75, 3.05) is 13.1 Å². The Labute approximate surface area is 116 Å². The van der Waals surface area contributed by atoms with Gasteiger partial charge in [0.15, 0.2) is 0 Å². The van der Waals surface area contributed by atoms with E-state index in [4.69, 9.17) is 0 Å². The van der Waals surface area contributed by atoms with Crippen LogP contribution in [0, 0.1) is 10.1 Å². The Morgan fingerprint density at radius 3 is 2.55 bits per heavy atom. The maximum absolute atomic E-state index is 10.6. The van der Waals surface area contributed by atoms with Gasteiger partial charge in [-0.2, -0.15) is 0 Å². The van der Waals surface area contributed by atoms with E-state index in [1.54, 1.807) is 16.8 Å². The van der Waals surface area contributed by atoms with Gasteiger partial charge in [-0.3, -0.25) is 15.0 Å². The molecule has 1 aromatic heterocycles. The van der Waals surface area contributed by atoms with Crippen molar-refractivity contribution in [3.8, 4) is 5.69 Å². The lowest BCUT2D eigenvalue weighted by Gasteiger charge is -2.11. The van der Waals surface area contributed by atoms with Crippen LogP contribution in [0.25, 0.3) is 5.69 Å². The first-order chi connectivity index (χ1) is 9.72. The Morgan fingerprint density at radius 1 is 1.20 bits per heavy atom. The van der Waals surface area contributed by atoms with Gasteiger partial charge >= 0.3 is 0 Å². The average molecular weight is 273 g/mol. The highest BCUT2D eigenvalue weighted by molar-refractivity contribution is 5.40. The van der Waals surface area contributed by atoms with Crippen molar-refractivity contribution >= 4 is 5.69 Å². The molecule has 0 atom stereocenters. The molecule has 104 valence electrons. The van der Waals surface area contributed by atoms with Crippen LogP contribution in [0.4, 0.5) is 5.69 Å².